The fourth-order valence-electron chi connectivity index (χ4n) is 14.2. The van der Waals surface area contributed by atoms with Crippen molar-refractivity contribution in [3.05, 3.63) is 65.7 Å². The van der Waals surface area contributed by atoms with E-state index in [1.807, 2.05) is 6.92 Å². The van der Waals surface area contributed by atoms with Crippen LogP contribution in [0.4, 0.5) is 5.69 Å². The van der Waals surface area contributed by atoms with E-state index in [0.717, 1.165) is 4.90 Å². The second-order valence-electron chi connectivity index (χ2n) is 18.3. The summed E-state index contributed by atoms with van der Waals surface area (Å²) in [7, 11) is 4.42. The van der Waals surface area contributed by atoms with E-state index >= 15 is 0 Å². The van der Waals surface area contributed by atoms with Crippen LogP contribution < -0.4 is 4.90 Å². The molecule has 7 aliphatic rings. The quantitative estimate of drug-likeness (QED) is 0.167. The number of para-hydroxylation sites is 1. The Bertz CT molecular complexity index is 2140. The van der Waals surface area contributed by atoms with E-state index in [1.165, 1.54) is 33.3 Å². The number of aliphatic hydroxyl groups excluding tert-OH is 2. The fourth-order valence-corrected chi connectivity index (χ4v) is 14.2. The minimum atomic E-state index is -1.99. The topological polar surface area (TPSA) is 208 Å². The molecule has 2 aliphatic heterocycles. The molecular formula is C45H54N2O14. The lowest BCUT2D eigenvalue weighted by molar-refractivity contribution is -0.322. The summed E-state index contributed by atoms with van der Waals surface area (Å²) in [4.78, 5) is 71.2. The van der Waals surface area contributed by atoms with Gasteiger partial charge in [0.25, 0.3) is 0 Å². The molecule has 328 valence electrons. The molecule has 5 saturated carbocycles. The van der Waals surface area contributed by atoms with Gasteiger partial charge in [0.05, 0.1) is 35.1 Å². The van der Waals surface area contributed by atoms with Crippen LogP contribution >= 0.6 is 0 Å². The minimum absolute atomic E-state index is 0.0000238. The smallest absolute Gasteiger partial charge is 0.340 e. The van der Waals surface area contributed by atoms with Gasteiger partial charge in [0.1, 0.15) is 30.5 Å². The van der Waals surface area contributed by atoms with Gasteiger partial charge < -0.3 is 43.7 Å². The monoisotopic (exact) mass is 846 g/mol. The number of rotatable bonds is 11. The van der Waals surface area contributed by atoms with Gasteiger partial charge in [-0.2, -0.15) is 0 Å². The van der Waals surface area contributed by atoms with Crippen LogP contribution in [0.2, 0.25) is 0 Å². The average molecular weight is 847 g/mol. The Morgan fingerprint density at radius 3 is 2.23 bits per heavy atom. The predicted octanol–water partition coefficient (Wildman–Crippen LogP) is 1.76. The molecule has 16 nitrogen and oxygen atoms in total. The van der Waals surface area contributed by atoms with Gasteiger partial charge in [-0.05, 0) is 43.1 Å². The van der Waals surface area contributed by atoms with Crippen LogP contribution in [0.5, 0.6) is 0 Å². The number of piperidine rings is 1. The number of amides is 2. The van der Waals surface area contributed by atoms with Gasteiger partial charge in [-0.15, -0.1) is 0 Å². The van der Waals surface area contributed by atoms with E-state index in [9.17, 15) is 39.3 Å². The maximum atomic E-state index is 14.3. The first-order chi connectivity index (χ1) is 29.1. The van der Waals surface area contributed by atoms with E-state index in [1.54, 1.807) is 56.5 Å². The maximum Gasteiger partial charge on any atom is 0.340 e. The van der Waals surface area contributed by atoms with Gasteiger partial charge in [-0.1, -0.05) is 44.2 Å². The number of carbonyl (C=O) groups excluding carboxylic acids is 5. The molecule has 9 rings (SSSR count). The Hall–Kier alpha value is -4.29. The first-order valence-corrected chi connectivity index (χ1v) is 21.1. The Kier molecular flexibility index (Phi) is 10.1. The number of aliphatic hydroxyl groups is 3. The molecule has 3 N–H and O–H groups in total. The summed E-state index contributed by atoms with van der Waals surface area (Å²) in [6.07, 6.45) is -7.12. The lowest BCUT2D eigenvalue weighted by Gasteiger charge is -2.70. The van der Waals surface area contributed by atoms with E-state index in [4.69, 9.17) is 28.4 Å². The third kappa shape index (κ3) is 5.33. The third-order valence-electron chi connectivity index (χ3n) is 16.0. The number of nitrogens with zero attached hydrogens (tertiary/aromatic N) is 2. The molecule has 1 spiro atoms. The maximum absolute atomic E-state index is 14.3. The summed E-state index contributed by atoms with van der Waals surface area (Å²) in [6, 6.07) is 14.0. The number of ether oxygens (including phenoxy) is 6. The summed E-state index contributed by atoms with van der Waals surface area (Å²) in [5.41, 5.74) is -5.86. The van der Waals surface area contributed by atoms with Crippen molar-refractivity contribution >= 4 is 35.4 Å². The molecule has 16 heteroatoms. The molecule has 16 atom stereocenters. The molecule has 2 unspecified atom stereocenters. The standard InChI is InChI=1S/C45H54N2O14/c1-7-46-20-42(21-59-41(54)25-15-11-12-16-27(25)47-30(50)17-22(2)39(47)52)28(49)18-29(56-4)44-26-19-43(55)37(60-40(53)24-13-9-8-10-14-24)31(26)45(61-23(3)48,36(51)38(43)58-6)32(35(44)46)33(57-5)34(42)44/h8-16,22,26,28-29,31-38,49,51,55H,7,17-21H2,1-6H3/t22?,26-,28?,29+,31-,32+,33+,34-,35-,36+,37-,38+,42+,43+,44+,45-/m1/s1. The van der Waals surface area contributed by atoms with Crippen molar-refractivity contribution in [2.45, 2.75) is 93.9 Å². The van der Waals surface area contributed by atoms with Crippen molar-refractivity contribution in [1.29, 1.82) is 0 Å². The molecule has 61 heavy (non-hydrogen) atoms. The minimum Gasteiger partial charge on any atom is -0.461 e. The highest BCUT2D eigenvalue weighted by Crippen LogP contribution is 2.80. The number of carbonyl (C=O) groups is 5. The molecule has 0 aromatic heterocycles. The zero-order chi connectivity index (χ0) is 43.6. The summed E-state index contributed by atoms with van der Waals surface area (Å²) >= 11 is 0. The SMILES string of the molecule is CCN1C[C@]2(COC(=O)c3ccccc3N3C(=O)CC(C)C3=O)C(O)C[C@H](OC)[C@@]34[C@@H]5C[C@]6(O)[C@H](OC(=O)c7ccccc7)[C@@H]5[C@@](OC(C)=O)([C@@H]([C@H](OC)[C@H]23)[C@@H]14)[C@@H](O)[C@@H]6OC. The van der Waals surface area contributed by atoms with Crippen LogP contribution in [-0.2, 0) is 42.8 Å². The van der Waals surface area contributed by atoms with Crippen LogP contribution in [0.3, 0.4) is 0 Å². The number of anilines is 1. The number of benzene rings is 2. The van der Waals surface area contributed by atoms with Crippen molar-refractivity contribution < 1.29 is 67.7 Å². The number of methoxy groups -OCH3 is 3. The highest BCUT2D eigenvalue weighted by atomic mass is 16.6. The van der Waals surface area contributed by atoms with Crippen LogP contribution in [0.15, 0.2) is 54.6 Å². The van der Waals surface area contributed by atoms with Crippen molar-refractivity contribution in [1.82, 2.24) is 4.90 Å². The summed E-state index contributed by atoms with van der Waals surface area (Å²) in [5, 5.41) is 38.4. The highest BCUT2D eigenvalue weighted by Gasteiger charge is 2.92. The Morgan fingerprint density at radius 1 is 0.902 bits per heavy atom. The van der Waals surface area contributed by atoms with E-state index in [2.05, 4.69) is 4.90 Å². The van der Waals surface area contributed by atoms with Crippen LogP contribution in [0, 0.1) is 40.4 Å². The first-order valence-electron chi connectivity index (χ1n) is 21.1. The van der Waals surface area contributed by atoms with Crippen molar-refractivity contribution in [3.63, 3.8) is 0 Å². The highest BCUT2D eigenvalue weighted by molar-refractivity contribution is 6.22. The number of imide groups is 1. The second-order valence-corrected chi connectivity index (χ2v) is 18.3. The lowest BCUT2D eigenvalue weighted by atomic mass is 9.42. The van der Waals surface area contributed by atoms with Gasteiger partial charge in [-0.25, -0.2) is 14.5 Å². The Balaban J connectivity index is 1.21. The van der Waals surface area contributed by atoms with Gasteiger partial charge in [0.2, 0.25) is 11.8 Å². The molecule has 7 fully saturated rings. The molecule has 2 aromatic rings. The average Bonchev–Trinajstić information content (AvgIpc) is 3.74. The van der Waals surface area contributed by atoms with Crippen LogP contribution in [0.25, 0.3) is 0 Å². The van der Waals surface area contributed by atoms with Crippen LogP contribution in [0.1, 0.15) is 60.7 Å². The third-order valence-corrected chi connectivity index (χ3v) is 16.0. The van der Waals surface area contributed by atoms with Crippen molar-refractivity contribution in [3.8, 4) is 0 Å². The summed E-state index contributed by atoms with van der Waals surface area (Å²) in [6.45, 7) is 5.11. The van der Waals surface area contributed by atoms with Gasteiger partial charge in [-0.3, -0.25) is 19.3 Å². The Labute approximate surface area is 353 Å². The lowest BCUT2D eigenvalue weighted by Crippen LogP contribution is -2.81. The van der Waals surface area contributed by atoms with Gasteiger partial charge >= 0.3 is 17.9 Å². The van der Waals surface area contributed by atoms with E-state index in [-0.39, 0.29) is 49.2 Å². The largest absolute Gasteiger partial charge is 0.461 e. The van der Waals surface area contributed by atoms with Gasteiger partial charge in [0, 0.05) is 88.2 Å². The predicted molar refractivity (Wildman–Crippen MR) is 212 cm³/mol. The van der Waals surface area contributed by atoms with Crippen molar-refractivity contribution in [2.75, 3.05) is 45.9 Å². The molecular weight excluding hydrogens is 792 g/mol. The first kappa shape index (κ1) is 42.0. The molecule has 7 bridgehead atoms. The van der Waals surface area contributed by atoms with Crippen molar-refractivity contribution in [2.24, 2.45) is 40.4 Å². The summed E-state index contributed by atoms with van der Waals surface area (Å²) < 4.78 is 38.2. The zero-order valence-electron chi connectivity index (χ0n) is 35.1. The molecule has 2 aromatic carbocycles. The zero-order valence-corrected chi connectivity index (χ0v) is 35.1. The number of hydrogen-bond donors (Lipinski definition) is 3. The summed E-state index contributed by atoms with van der Waals surface area (Å²) in [5.74, 6) is -6.99. The molecule has 5 aliphatic carbocycles. The molecule has 2 heterocycles. The van der Waals surface area contributed by atoms with E-state index < -0.39 is 124 Å². The molecule has 2 amide bonds. The number of fused-ring (bicyclic) bond motifs is 2. The number of esters is 3. The van der Waals surface area contributed by atoms with Gasteiger partial charge in [0.15, 0.2) is 5.60 Å². The van der Waals surface area contributed by atoms with E-state index in [0.29, 0.717) is 6.54 Å². The number of hydrogen-bond acceptors (Lipinski definition) is 15. The van der Waals surface area contributed by atoms with Crippen LogP contribution in [-0.4, -0.2) is 145 Å². The Morgan fingerprint density at radius 2 is 1.61 bits per heavy atom. The number of likely N-dealkylation sites (tertiary alicyclic amines) is 1. The second kappa shape index (κ2) is 14.6. The molecule has 0 radical (unpaired) electrons. The molecule has 2 saturated heterocycles. The fraction of sp³-hybridized carbons (Fsp3) is 0.622. The normalized spacial score (nSPS) is 43.0.